The van der Waals surface area contributed by atoms with Crippen LogP contribution in [0.15, 0.2) is 60.7 Å². The van der Waals surface area contributed by atoms with E-state index < -0.39 is 30.1 Å². The van der Waals surface area contributed by atoms with Crippen molar-refractivity contribution in [1.82, 2.24) is 9.80 Å². The van der Waals surface area contributed by atoms with E-state index in [0.29, 0.717) is 5.56 Å². The molecule has 1 aliphatic heterocycles. The second-order valence-electron chi connectivity index (χ2n) is 6.17. The van der Waals surface area contributed by atoms with Gasteiger partial charge in [0.1, 0.15) is 0 Å². The van der Waals surface area contributed by atoms with Gasteiger partial charge in [-0.15, -0.1) is 0 Å². The zero-order valence-electron chi connectivity index (χ0n) is 13.9. The van der Waals surface area contributed by atoms with E-state index in [2.05, 4.69) is 0 Å². The molecule has 0 atom stereocenters. The average Bonchev–Trinajstić information content (AvgIpc) is 2.91. The smallest absolute Gasteiger partial charge is 0.343 e. The summed E-state index contributed by atoms with van der Waals surface area (Å²) in [5, 5.41) is 19.4. The third-order valence-electron chi connectivity index (χ3n) is 4.49. The molecule has 0 saturated carbocycles. The molecule has 0 bridgehead atoms. The van der Waals surface area contributed by atoms with E-state index in [1.807, 2.05) is 6.07 Å². The number of carboxylic acid groups (broad SMARTS) is 2. The van der Waals surface area contributed by atoms with E-state index in [1.165, 1.54) is 4.90 Å². The molecule has 3 rings (SSSR count). The fourth-order valence-corrected chi connectivity index (χ4v) is 3.12. The molecule has 2 amide bonds. The highest BCUT2D eigenvalue weighted by Gasteiger charge is 2.61. The topological polar surface area (TPSA) is 98.2 Å². The van der Waals surface area contributed by atoms with E-state index in [-0.39, 0.29) is 13.1 Å². The Balaban J connectivity index is 1.96. The molecule has 0 spiro atoms. The van der Waals surface area contributed by atoms with Crippen LogP contribution in [-0.2, 0) is 22.7 Å². The molecule has 0 unspecified atom stereocenters. The first-order chi connectivity index (χ1) is 12.4. The number of hydrogen-bond donors (Lipinski definition) is 2. The minimum atomic E-state index is -2.32. The fraction of sp³-hybridized carbons (Fsp3) is 0.211. The molecule has 2 aromatic rings. The standard InChI is InChI=1S/C19H18N2O5/c22-16(23)19(17(24)25)13-20(11-14-7-3-1-4-8-14)18(26)21(19)12-15-9-5-2-6-10-15/h1-10H,11-13H2,(H,22,23)(H,24,25). The molecule has 7 heteroatoms. The number of rotatable bonds is 6. The second kappa shape index (κ2) is 6.87. The molecule has 1 heterocycles. The Morgan fingerprint density at radius 2 is 1.31 bits per heavy atom. The van der Waals surface area contributed by atoms with Crippen molar-refractivity contribution in [3.05, 3.63) is 71.8 Å². The van der Waals surface area contributed by atoms with Crippen LogP contribution in [0.25, 0.3) is 0 Å². The highest BCUT2D eigenvalue weighted by Crippen LogP contribution is 2.31. The van der Waals surface area contributed by atoms with Crippen molar-refractivity contribution in [2.24, 2.45) is 0 Å². The van der Waals surface area contributed by atoms with Crippen LogP contribution in [0.2, 0.25) is 0 Å². The van der Waals surface area contributed by atoms with Crippen LogP contribution in [0.3, 0.4) is 0 Å². The lowest BCUT2D eigenvalue weighted by Crippen LogP contribution is -2.59. The Morgan fingerprint density at radius 1 is 0.846 bits per heavy atom. The summed E-state index contributed by atoms with van der Waals surface area (Å²) >= 11 is 0. The molecule has 1 fully saturated rings. The Morgan fingerprint density at radius 3 is 1.77 bits per heavy atom. The summed E-state index contributed by atoms with van der Waals surface area (Å²) in [6.07, 6.45) is 0. The quantitative estimate of drug-likeness (QED) is 0.774. The van der Waals surface area contributed by atoms with Crippen molar-refractivity contribution >= 4 is 18.0 Å². The second-order valence-corrected chi connectivity index (χ2v) is 6.17. The summed E-state index contributed by atoms with van der Waals surface area (Å²) in [7, 11) is 0. The van der Waals surface area contributed by atoms with Crippen molar-refractivity contribution < 1.29 is 24.6 Å². The number of benzene rings is 2. The number of urea groups is 1. The van der Waals surface area contributed by atoms with Crippen LogP contribution < -0.4 is 0 Å². The molecule has 2 aromatic carbocycles. The third-order valence-corrected chi connectivity index (χ3v) is 4.49. The van der Waals surface area contributed by atoms with Gasteiger partial charge in [0.25, 0.3) is 5.54 Å². The molecule has 134 valence electrons. The van der Waals surface area contributed by atoms with Crippen LogP contribution >= 0.6 is 0 Å². The SMILES string of the molecule is O=C1N(Cc2ccccc2)CC(C(=O)O)(C(=O)O)N1Cc1ccccc1. The Bertz CT molecular complexity index is 808. The Labute approximate surface area is 150 Å². The van der Waals surface area contributed by atoms with Gasteiger partial charge in [-0.1, -0.05) is 60.7 Å². The van der Waals surface area contributed by atoms with Gasteiger partial charge in [-0.25, -0.2) is 14.4 Å². The Kier molecular flexibility index (Phi) is 4.62. The van der Waals surface area contributed by atoms with Gasteiger partial charge in [-0.2, -0.15) is 0 Å². The molecular weight excluding hydrogens is 336 g/mol. The number of hydrogen-bond acceptors (Lipinski definition) is 3. The van der Waals surface area contributed by atoms with Crippen LogP contribution in [0, 0.1) is 0 Å². The van der Waals surface area contributed by atoms with Gasteiger partial charge in [0, 0.05) is 13.1 Å². The van der Waals surface area contributed by atoms with E-state index in [1.54, 1.807) is 54.6 Å². The Hall–Kier alpha value is -3.35. The minimum Gasteiger partial charge on any atom is -0.479 e. The normalized spacial score (nSPS) is 15.9. The number of nitrogens with zero attached hydrogens (tertiary/aromatic N) is 2. The summed E-state index contributed by atoms with van der Waals surface area (Å²) < 4.78 is 0. The molecular formula is C19H18N2O5. The predicted octanol–water partition coefficient (Wildman–Crippen LogP) is 2.03. The maximum absolute atomic E-state index is 12.9. The van der Waals surface area contributed by atoms with Crippen molar-refractivity contribution in [2.45, 2.75) is 18.6 Å². The highest BCUT2D eigenvalue weighted by molar-refractivity contribution is 6.08. The number of carboxylic acids is 2. The van der Waals surface area contributed by atoms with E-state index in [0.717, 1.165) is 10.5 Å². The summed E-state index contributed by atoms with van der Waals surface area (Å²) in [6.45, 7) is -0.366. The molecule has 7 nitrogen and oxygen atoms in total. The molecule has 2 N–H and O–H groups in total. The highest BCUT2D eigenvalue weighted by atomic mass is 16.4. The molecule has 0 radical (unpaired) electrons. The maximum Gasteiger partial charge on any atom is 0.343 e. The summed E-state index contributed by atoms with van der Waals surface area (Å²) in [4.78, 5) is 38.9. The first kappa shape index (κ1) is 17.5. The lowest BCUT2D eigenvalue weighted by atomic mass is 9.98. The molecule has 26 heavy (non-hydrogen) atoms. The molecule has 1 aliphatic rings. The number of carbonyl (C=O) groups excluding carboxylic acids is 1. The number of aliphatic carboxylic acids is 2. The summed E-state index contributed by atoms with van der Waals surface area (Å²) in [5.74, 6) is -3.10. The van der Waals surface area contributed by atoms with Gasteiger partial charge in [-0.3, -0.25) is 4.90 Å². The van der Waals surface area contributed by atoms with Crippen LogP contribution in [-0.4, -0.2) is 50.1 Å². The average molecular weight is 354 g/mol. The molecule has 1 saturated heterocycles. The van der Waals surface area contributed by atoms with E-state index in [4.69, 9.17) is 0 Å². The van der Waals surface area contributed by atoms with Gasteiger partial charge < -0.3 is 15.1 Å². The fourth-order valence-electron chi connectivity index (χ4n) is 3.12. The van der Waals surface area contributed by atoms with Gasteiger partial charge in [0.15, 0.2) is 0 Å². The first-order valence-corrected chi connectivity index (χ1v) is 8.06. The van der Waals surface area contributed by atoms with Gasteiger partial charge >= 0.3 is 18.0 Å². The van der Waals surface area contributed by atoms with Gasteiger partial charge in [0.2, 0.25) is 0 Å². The van der Waals surface area contributed by atoms with Crippen molar-refractivity contribution in [3.63, 3.8) is 0 Å². The zero-order chi connectivity index (χ0) is 18.7. The maximum atomic E-state index is 12.9. The number of amides is 2. The van der Waals surface area contributed by atoms with E-state index in [9.17, 15) is 24.6 Å². The predicted molar refractivity (Wildman–Crippen MR) is 92.2 cm³/mol. The van der Waals surface area contributed by atoms with Crippen molar-refractivity contribution in [2.75, 3.05) is 6.54 Å². The van der Waals surface area contributed by atoms with Crippen LogP contribution in [0.1, 0.15) is 11.1 Å². The van der Waals surface area contributed by atoms with Gasteiger partial charge in [-0.05, 0) is 11.1 Å². The van der Waals surface area contributed by atoms with Crippen molar-refractivity contribution in [1.29, 1.82) is 0 Å². The first-order valence-electron chi connectivity index (χ1n) is 8.06. The lowest BCUT2D eigenvalue weighted by molar-refractivity contribution is -0.163. The monoisotopic (exact) mass is 354 g/mol. The summed E-state index contributed by atoms with van der Waals surface area (Å²) in [5.41, 5.74) is -0.858. The van der Waals surface area contributed by atoms with Crippen molar-refractivity contribution in [3.8, 4) is 0 Å². The minimum absolute atomic E-state index is 0.0937. The van der Waals surface area contributed by atoms with Crippen LogP contribution in [0.5, 0.6) is 0 Å². The molecule has 0 aliphatic carbocycles. The lowest BCUT2D eigenvalue weighted by Gasteiger charge is -2.28. The largest absolute Gasteiger partial charge is 0.479 e. The third kappa shape index (κ3) is 2.99. The van der Waals surface area contributed by atoms with E-state index >= 15 is 0 Å². The molecule has 0 aromatic heterocycles. The summed E-state index contributed by atoms with van der Waals surface area (Å²) in [6, 6.07) is 17.2. The van der Waals surface area contributed by atoms with Gasteiger partial charge in [0.05, 0.1) is 6.54 Å². The number of carbonyl (C=O) groups is 3. The zero-order valence-corrected chi connectivity index (χ0v) is 13.9. The van der Waals surface area contributed by atoms with Crippen LogP contribution in [0.4, 0.5) is 4.79 Å².